The molecule has 28 heavy (non-hydrogen) atoms. The molecular weight excluding hydrogens is 397 g/mol. The van der Waals surface area contributed by atoms with Crippen LogP contribution in [-0.2, 0) is 17.7 Å². The Morgan fingerprint density at radius 2 is 1.89 bits per heavy atom. The Morgan fingerprint density at radius 3 is 2.68 bits per heavy atom. The van der Waals surface area contributed by atoms with Crippen LogP contribution < -0.4 is 10.6 Å². The molecule has 2 aromatic carbocycles. The molecule has 5 nitrogen and oxygen atoms in total. The molecule has 1 saturated heterocycles. The molecule has 1 heterocycles. The molecule has 2 amide bonds. The van der Waals surface area contributed by atoms with Gasteiger partial charge in [0.1, 0.15) is 0 Å². The number of nitrogens with one attached hydrogen (secondary N) is 2. The number of amides is 2. The van der Waals surface area contributed by atoms with Gasteiger partial charge in [-0.05, 0) is 29.7 Å². The summed E-state index contributed by atoms with van der Waals surface area (Å²) in [4.78, 5) is 14.3. The number of urea groups is 1. The highest BCUT2D eigenvalue weighted by Crippen LogP contribution is 2.23. The number of carbonyl (C=O) groups is 1. The van der Waals surface area contributed by atoms with Gasteiger partial charge in [0.15, 0.2) is 0 Å². The Kier molecular flexibility index (Phi) is 7.98. The zero-order valence-corrected chi connectivity index (χ0v) is 17.2. The van der Waals surface area contributed by atoms with Gasteiger partial charge in [0.05, 0.1) is 22.8 Å². The molecule has 1 fully saturated rings. The van der Waals surface area contributed by atoms with Gasteiger partial charge in [0.2, 0.25) is 0 Å². The van der Waals surface area contributed by atoms with Crippen LogP contribution in [0.5, 0.6) is 0 Å². The summed E-state index contributed by atoms with van der Waals surface area (Å²) >= 11 is 12.1. The lowest BCUT2D eigenvalue weighted by molar-refractivity contribution is -0.0287. The largest absolute Gasteiger partial charge is 0.374 e. The monoisotopic (exact) mass is 421 g/mol. The van der Waals surface area contributed by atoms with E-state index in [1.54, 1.807) is 0 Å². The molecule has 7 heteroatoms. The Labute approximate surface area is 176 Å². The predicted molar refractivity (Wildman–Crippen MR) is 113 cm³/mol. The quantitative estimate of drug-likeness (QED) is 0.715. The van der Waals surface area contributed by atoms with Gasteiger partial charge in [-0.3, -0.25) is 4.90 Å². The summed E-state index contributed by atoms with van der Waals surface area (Å²) in [5.74, 6) is 0. The normalized spacial score (nSPS) is 17.3. The van der Waals surface area contributed by atoms with Crippen LogP contribution in [0.1, 0.15) is 11.1 Å². The summed E-state index contributed by atoms with van der Waals surface area (Å²) in [6.45, 7) is 4.10. The first-order valence-corrected chi connectivity index (χ1v) is 10.2. The molecular formula is C21H25Cl2N3O2. The van der Waals surface area contributed by atoms with Gasteiger partial charge in [-0.15, -0.1) is 0 Å². The van der Waals surface area contributed by atoms with Crippen molar-refractivity contribution >= 4 is 29.2 Å². The summed E-state index contributed by atoms with van der Waals surface area (Å²) in [6, 6.07) is 15.6. The summed E-state index contributed by atoms with van der Waals surface area (Å²) in [5.41, 5.74) is 2.32. The molecule has 0 radical (unpaired) electrons. The average molecular weight is 422 g/mol. The zero-order valence-electron chi connectivity index (χ0n) is 15.7. The second-order valence-corrected chi connectivity index (χ2v) is 7.66. The van der Waals surface area contributed by atoms with Gasteiger partial charge in [-0.2, -0.15) is 0 Å². The van der Waals surface area contributed by atoms with E-state index in [9.17, 15) is 4.79 Å². The van der Waals surface area contributed by atoms with Crippen molar-refractivity contribution < 1.29 is 9.53 Å². The number of hydrogen-bond acceptors (Lipinski definition) is 3. The average Bonchev–Trinajstić information content (AvgIpc) is 2.70. The van der Waals surface area contributed by atoms with Crippen LogP contribution in [0.25, 0.3) is 0 Å². The number of halogens is 2. The van der Waals surface area contributed by atoms with E-state index in [0.717, 1.165) is 31.6 Å². The van der Waals surface area contributed by atoms with E-state index < -0.39 is 0 Å². The van der Waals surface area contributed by atoms with E-state index in [-0.39, 0.29) is 12.1 Å². The molecule has 1 atom stereocenters. The minimum atomic E-state index is -0.166. The topological polar surface area (TPSA) is 53.6 Å². The summed E-state index contributed by atoms with van der Waals surface area (Å²) < 4.78 is 5.78. The van der Waals surface area contributed by atoms with E-state index in [0.29, 0.717) is 29.7 Å². The van der Waals surface area contributed by atoms with Crippen LogP contribution in [0.2, 0.25) is 10.0 Å². The Hall–Kier alpha value is -1.79. The van der Waals surface area contributed by atoms with Crippen molar-refractivity contribution in [1.82, 2.24) is 15.5 Å². The first-order chi connectivity index (χ1) is 13.6. The number of carbonyl (C=O) groups excluding carboxylic acids is 1. The standard InChI is InChI=1S/C21H25Cl2N3O2/c22-19-7-6-17(12-20(19)23)14-26-10-11-28-18(15-26)13-25-21(27)24-9-8-16-4-2-1-3-5-16/h1-7,12,18H,8-11,13-15H2,(H2,24,25,27). The lowest BCUT2D eigenvalue weighted by Gasteiger charge is -2.33. The van der Waals surface area contributed by atoms with E-state index in [1.165, 1.54) is 5.56 Å². The van der Waals surface area contributed by atoms with Gasteiger partial charge < -0.3 is 15.4 Å². The first-order valence-electron chi connectivity index (χ1n) is 9.43. The third kappa shape index (κ3) is 6.67. The molecule has 1 aliphatic rings. The number of ether oxygens (including phenoxy) is 1. The van der Waals surface area contributed by atoms with Crippen molar-refractivity contribution in [3.05, 3.63) is 69.7 Å². The predicted octanol–water partition coefficient (Wildman–Crippen LogP) is 3.74. The Balaban J connectivity index is 1.37. The summed E-state index contributed by atoms with van der Waals surface area (Å²) in [6.07, 6.45) is 0.780. The molecule has 0 saturated carbocycles. The fourth-order valence-corrected chi connectivity index (χ4v) is 3.50. The van der Waals surface area contributed by atoms with Crippen LogP contribution in [0.3, 0.4) is 0 Å². The van der Waals surface area contributed by atoms with Gasteiger partial charge in [-0.1, -0.05) is 59.6 Å². The van der Waals surface area contributed by atoms with E-state index in [2.05, 4.69) is 27.7 Å². The van der Waals surface area contributed by atoms with Crippen LogP contribution in [0, 0.1) is 0 Å². The first kappa shape index (κ1) is 20.9. The second-order valence-electron chi connectivity index (χ2n) is 6.85. The molecule has 0 aromatic heterocycles. The molecule has 1 aliphatic heterocycles. The molecule has 0 bridgehead atoms. The van der Waals surface area contributed by atoms with Gasteiger partial charge >= 0.3 is 6.03 Å². The van der Waals surface area contributed by atoms with Crippen molar-refractivity contribution in [3.63, 3.8) is 0 Å². The van der Waals surface area contributed by atoms with Gasteiger partial charge in [0, 0.05) is 32.7 Å². The SMILES string of the molecule is O=C(NCCc1ccccc1)NCC1CN(Cc2ccc(Cl)c(Cl)c2)CCO1. The second kappa shape index (κ2) is 10.7. The van der Waals surface area contributed by atoms with Crippen molar-refractivity contribution in [2.45, 2.75) is 19.1 Å². The van der Waals surface area contributed by atoms with Crippen molar-refractivity contribution in [3.8, 4) is 0 Å². The highest BCUT2D eigenvalue weighted by Gasteiger charge is 2.21. The lowest BCUT2D eigenvalue weighted by Crippen LogP contribution is -2.48. The Morgan fingerprint density at radius 1 is 1.07 bits per heavy atom. The zero-order chi connectivity index (χ0) is 19.8. The highest BCUT2D eigenvalue weighted by molar-refractivity contribution is 6.42. The van der Waals surface area contributed by atoms with E-state index in [4.69, 9.17) is 27.9 Å². The maximum Gasteiger partial charge on any atom is 0.314 e. The minimum absolute atomic E-state index is 0.0311. The summed E-state index contributed by atoms with van der Waals surface area (Å²) in [7, 11) is 0. The molecule has 2 N–H and O–H groups in total. The van der Waals surface area contributed by atoms with Crippen molar-refractivity contribution in [2.75, 3.05) is 32.8 Å². The minimum Gasteiger partial charge on any atom is -0.374 e. The summed E-state index contributed by atoms with van der Waals surface area (Å²) in [5, 5.41) is 6.92. The van der Waals surface area contributed by atoms with Crippen molar-refractivity contribution in [2.24, 2.45) is 0 Å². The molecule has 1 unspecified atom stereocenters. The van der Waals surface area contributed by atoms with Gasteiger partial charge in [-0.25, -0.2) is 4.79 Å². The number of hydrogen-bond donors (Lipinski definition) is 2. The van der Waals surface area contributed by atoms with Crippen LogP contribution in [0.15, 0.2) is 48.5 Å². The molecule has 2 aromatic rings. The van der Waals surface area contributed by atoms with E-state index in [1.807, 2.05) is 36.4 Å². The lowest BCUT2D eigenvalue weighted by atomic mass is 10.1. The van der Waals surface area contributed by atoms with Crippen molar-refractivity contribution in [1.29, 1.82) is 0 Å². The number of morpholine rings is 1. The van der Waals surface area contributed by atoms with Gasteiger partial charge in [0.25, 0.3) is 0 Å². The molecule has 0 spiro atoms. The van der Waals surface area contributed by atoms with Crippen LogP contribution in [0.4, 0.5) is 4.79 Å². The fourth-order valence-electron chi connectivity index (χ4n) is 3.18. The third-order valence-corrected chi connectivity index (χ3v) is 5.38. The fraction of sp³-hybridized carbons (Fsp3) is 0.381. The number of benzene rings is 2. The Bertz CT molecular complexity index is 774. The number of rotatable bonds is 7. The molecule has 3 rings (SSSR count). The number of nitrogens with zero attached hydrogens (tertiary/aromatic N) is 1. The highest BCUT2D eigenvalue weighted by atomic mass is 35.5. The maximum absolute atomic E-state index is 12.0. The molecule has 0 aliphatic carbocycles. The van der Waals surface area contributed by atoms with Crippen LogP contribution in [-0.4, -0.2) is 49.8 Å². The third-order valence-electron chi connectivity index (χ3n) is 4.65. The molecule has 150 valence electrons. The smallest absolute Gasteiger partial charge is 0.314 e. The van der Waals surface area contributed by atoms with Crippen LogP contribution >= 0.6 is 23.2 Å². The maximum atomic E-state index is 12.0. The van der Waals surface area contributed by atoms with E-state index >= 15 is 0 Å².